The zero-order valence-electron chi connectivity index (χ0n) is 14.9. The molecule has 1 saturated heterocycles. The van der Waals surface area contributed by atoms with Crippen molar-refractivity contribution in [2.24, 2.45) is 0 Å². The standard InChI is InChI=1S/C19H18F3N5O/c20-5-6-23-19(28)11-8-14-17(24-10-11)25-26-18(14)27-7-1-2-16(27)13-9-12(21)3-4-15(13)22/h3-4,8-10,16H,1-2,5-7H2,(H,23,28)(H,24,25,26)/t16-/m1/s1. The number of nitrogens with zero attached hydrogens (tertiary/aromatic N) is 3. The molecule has 1 fully saturated rings. The Labute approximate surface area is 158 Å². The number of amides is 1. The van der Waals surface area contributed by atoms with Gasteiger partial charge in [-0.25, -0.2) is 18.2 Å². The van der Waals surface area contributed by atoms with Gasteiger partial charge in [0.1, 0.15) is 18.3 Å². The summed E-state index contributed by atoms with van der Waals surface area (Å²) in [4.78, 5) is 18.2. The minimum Gasteiger partial charge on any atom is -0.349 e. The molecule has 3 aromatic rings. The fraction of sp³-hybridized carbons (Fsp3) is 0.316. The molecule has 1 atom stereocenters. The first-order chi connectivity index (χ1) is 13.6. The molecule has 1 aliphatic rings. The molecule has 0 aliphatic carbocycles. The van der Waals surface area contributed by atoms with Gasteiger partial charge in [0.05, 0.1) is 17.0 Å². The van der Waals surface area contributed by atoms with Crippen LogP contribution in [0.5, 0.6) is 0 Å². The van der Waals surface area contributed by atoms with Crippen molar-refractivity contribution in [2.75, 3.05) is 24.7 Å². The Morgan fingerprint density at radius 3 is 3.00 bits per heavy atom. The van der Waals surface area contributed by atoms with Crippen LogP contribution in [0.15, 0.2) is 30.5 Å². The first kappa shape index (κ1) is 18.3. The van der Waals surface area contributed by atoms with E-state index in [1.165, 1.54) is 12.3 Å². The minimum atomic E-state index is -0.660. The summed E-state index contributed by atoms with van der Waals surface area (Å²) in [5, 5.41) is 10.2. The maximum Gasteiger partial charge on any atom is 0.252 e. The highest BCUT2D eigenvalue weighted by Gasteiger charge is 2.31. The monoisotopic (exact) mass is 389 g/mol. The Balaban J connectivity index is 1.71. The van der Waals surface area contributed by atoms with Crippen molar-refractivity contribution in [1.29, 1.82) is 0 Å². The van der Waals surface area contributed by atoms with Crippen LogP contribution in [-0.4, -0.2) is 40.9 Å². The molecule has 2 aromatic heterocycles. The molecule has 9 heteroatoms. The molecule has 0 spiro atoms. The highest BCUT2D eigenvalue weighted by molar-refractivity contribution is 5.99. The zero-order chi connectivity index (χ0) is 19.7. The van der Waals surface area contributed by atoms with Gasteiger partial charge in [-0.05, 0) is 37.1 Å². The number of hydrogen-bond donors (Lipinski definition) is 2. The second-order valence-electron chi connectivity index (χ2n) is 6.63. The lowest BCUT2D eigenvalue weighted by Crippen LogP contribution is -2.26. The average Bonchev–Trinajstić information content (AvgIpc) is 3.33. The molecule has 4 rings (SSSR count). The van der Waals surface area contributed by atoms with E-state index in [1.807, 2.05) is 4.90 Å². The number of benzene rings is 1. The maximum absolute atomic E-state index is 14.3. The van der Waals surface area contributed by atoms with E-state index in [1.54, 1.807) is 6.07 Å². The number of carbonyl (C=O) groups is 1. The number of hydrogen-bond acceptors (Lipinski definition) is 4. The van der Waals surface area contributed by atoms with Gasteiger partial charge in [-0.3, -0.25) is 9.89 Å². The average molecular weight is 389 g/mol. The molecule has 146 valence electrons. The van der Waals surface area contributed by atoms with E-state index < -0.39 is 24.2 Å². The third kappa shape index (κ3) is 3.28. The minimum absolute atomic E-state index is 0.0812. The lowest BCUT2D eigenvalue weighted by Gasteiger charge is -2.25. The van der Waals surface area contributed by atoms with E-state index in [2.05, 4.69) is 20.5 Å². The summed E-state index contributed by atoms with van der Waals surface area (Å²) in [7, 11) is 0. The van der Waals surface area contributed by atoms with Crippen LogP contribution in [0.4, 0.5) is 19.0 Å². The fourth-order valence-corrected chi connectivity index (χ4v) is 3.61. The molecule has 1 aromatic carbocycles. The number of halogens is 3. The van der Waals surface area contributed by atoms with Gasteiger partial charge < -0.3 is 10.2 Å². The summed E-state index contributed by atoms with van der Waals surface area (Å²) >= 11 is 0. The van der Waals surface area contributed by atoms with Crippen LogP contribution in [0.3, 0.4) is 0 Å². The largest absolute Gasteiger partial charge is 0.349 e. The second-order valence-corrected chi connectivity index (χ2v) is 6.63. The molecule has 1 aliphatic heterocycles. The number of pyridine rings is 1. The molecular weight excluding hydrogens is 371 g/mol. The van der Waals surface area contributed by atoms with Gasteiger partial charge >= 0.3 is 0 Å². The van der Waals surface area contributed by atoms with E-state index in [9.17, 15) is 18.0 Å². The second kappa shape index (κ2) is 7.49. The number of aromatic amines is 1. The Kier molecular flexibility index (Phi) is 4.89. The van der Waals surface area contributed by atoms with Gasteiger partial charge in [0.15, 0.2) is 11.5 Å². The number of alkyl halides is 1. The molecule has 0 unspecified atom stereocenters. The summed E-state index contributed by atoms with van der Waals surface area (Å²) in [6, 6.07) is 4.67. The number of fused-ring (bicyclic) bond motifs is 1. The Bertz CT molecular complexity index is 1020. The van der Waals surface area contributed by atoms with Gasteiger partial charge in [-0.2, -0.15) is 5.10 Å². The number of carbonyl (C=O) groups excluding carboxylic acids is 1. The van der Waals surface area contributed by atoms with Crippen molar-refractivity contribution < 1.29 is 18.0 Å². The molecule has 0 radical (unpaired) electrons. The molecule has 28 heavy (non-hydrogen) atoms. The van der Waals surface area contributed by atoms with E-state index in [0.717, 1.165) is 18.6 Å². The first-order valence-electron chi connectivity index (χ1n) is 8.98. The van der Waals surface area contributed by atoms with E-state index >= 15 is 0 Å². The van der Waals surface area contributed by atoms with Gasteiger partial charge in [0, 0.05) is 24.8 Å². The molecule has 1 amide bonds. The van der Waals surface area contributed by atoms with Crippen LogP contribution in [0.1, 0.15) is 34.8 Å². The van der Waals surface area contributed by atoms with Gasteiger partial charge in [0.2, 0.25) is 0 Å². The summed E-state index contributed by atoms with van der Waals surface area (Å²) in [5.74, 6) is -0.881. The quantitative estimate of drug-likeness (QED) is 0.702. The molecule has 0 bridgehead atoms. The smallest absolute Gasteiger partial charge is 0.252 e. The third-order valence-corrected chi connectivity index (χ3v) is 4.88. The summed E-state index contributed by atoms with van der Waals surface area (Å²) in [6.45, 7) is -0.131. The van der Waals surface area contributed by atoms with Crippen molar-refractivity contribution >= 4 is 22.8 Å². The Morgan fingerprint density at radius 2 is 2.18 bits per heavy atom. The van der Waals surface area contributed by atoms with Crippen molar-refractivity contribution in [2.45, 2.75) is 18.9 Å². The molecule has 6 nitrogen and oxygen atoms in total. The maximum atomic E-state index is 14.3. The molecule has 0 saturated carbocycles. The number of H-pyrrole nitrogens is 1. The molecular formula is C19H18F3N5O. The predicted molar refractivity (Wildman–Crippen MR) is 97.9 cm³/mol. The van der Waals surface area contributed by atoms with E-state index in [4.69, 9.17) is 0 Å². The van der Waals surface area contributed by atoms with E-state index in [-0.39, 0.29) is 23.7 Å². The zero-order valence-corrected chi connectivity index (χ0v) is 14.9. The van der Waals surface area contributed by atoms with Crippen LogP contribution in [0.25, 0.3) is 11.0 Å². The Morgan fingerprint density at radius 1 is 1.32 bits per heavy atom. The predicted octanol–water partition coefficient (Wildman–Crippen LogP) is 3.28. The van der Waals surface area contributed by atoms with Crippen molar-refractivity contribution in [3.8, 4) is 0 Å². The summed E-state index contributed by atoms with van der Waals surface area (Å²) in [6.07, 6.45) is 2.82. The SMILES string of the molecule is O=C(NCCF)c1cnc2[nH]nc(N3CCC[C@@H]3c3cc(F)ccc3F)c2c1. The lowest BCUT2D eigenvalue weighted by atomic mass is 10.0. The number of rotatable bonds is 5. The van der Waals surface area contributed by atoms with Crippen LogP contribution in [0, 0.1) is 11.6 Å². The van der Waals surface area contributed by atoms with E-state index in [0.29, 0.717) is 29.8 Å². The number of aromatic nitrogens is 3. The van der Waals surface area contributed by atoms with Crippen LogP contribution in [0.2, 0.25) is 0 Å². The van der Waals surface area contributed by atoms with Gasteiger partial charge in [-0.1, -0.05) is 0 Å². The van der Waals surface area contributed by atoms with Gasteiger partial charge in [0.25, 0.3) is 5.91 Å². The highest BCUT2D eigenvalue weighted by atomic mass is 19.1. The van der Waals surface area contributed by atoms with Crippen LogP contribution in [-0.2, 0) is 0 Å². The van der Waals surface area contributed by atoms with Crippen LogP contribution < -0.4 is 10.2 Å². The Hall–Kier alpha value is -3.10. The fourth-order valence-electron chi connectivity index (χ4n) is 3.61. The normalized spacial score (nSPS) is 16.7. The first-order valence-corrected chi connectivity index (χ1v) is 8.98. The topological polar surface area (TPSA) is 73.9 Å². The number of anilines is 1. The van der Waals surface area contributed by atoms with Crippen molar-refractivity contribution in [3.63, 3.8) is 0 Å². The van der Waals surface area contributed by atoms with Gasteiger partial charge in [-0.15, -0.1) is 0 Å². The van der Waals surface area contributed by atoms with Crippen LogP contribution >= 0.6 is 0 Å². The molecule has 2 N–H and O–H groups in total. The molecule has 3 heterocycles. The highest BCUT2D eigenvalue weighted by Crippen LogP contribution is 2.39. The lowest BCUT2D eigenvalue weighted by molar-refractivity contribution is 0.0950. The summed E-state index contributed by atoms with van der Waals surface area (Å²) < 4.78 is 40.3. The number of nitrogens with one attached hydrogen (secondary N) is 2. The van der Waals surface area contributed by atoms with Crippen molar-refractivity contribution in [3.05, 3.63) is 53.2 Å². The summed E-state index contributed by atoms with van der Waals surface area (Å²) in [5.41, 5.74) is 1.03. The third-order valence-electron chi connectivity index (χ3n) is 4.88. The van der Waals surface area contributed by atoms with Crippen molar-refractivity contribution in [1.82, 2.24) is 20.5 Å².